The van der Waals surface area contributed by atoms with E-state index in [-0.39, 0.29) is 11.5 Å². The summed E-state index contributed by atoms with van der Waals surface area (Å²) in [6, 6.07) is 5.26. The van der Waals surface area contributed by atoms with Crippen LogP contribution in [0.5, 0.6) is 0 Å². The first kappa shape index (κ1) is 16.7. The van der Waals surface area contributed by atoms with Gasteiger partial charge in [0.05, 0.1) is 21.8 Å². The number of benzene rings is 1. The summed E-state index contributed by atoms with van der Waals surface area (Å²) in [6.45, 7) is 0. The number of halogens is 2. The van der Waals surface area contributed by atoms with Gasteiger partial charge in [-0.05, 0) is 41.5 Å². The normalized spacial score (nSPS) is 15.7. The molecule has 2 aromatic rings. The number of hydrogen-bond acceptors (Lipinski definition) is 5. The van der Waals surface area contributed by atoms with E-state index in [0.717, 1.165) is 12.8 Å². The average molecular weight is 371 g/mol. The molecular formula is C15H16Cl2N4OS. The molecule has 1 aromatic carbocycles. The van der Waals surface area contributed by atoms with Gasteiger partial charge in [0.1, 0.15) is 0 Å². The number of carbonyl (C=O) groups is 1. The highest BCUT2D eigenvalue weighted by molar-refractivity contribution is 7.99. The largest absolute Gasteiger partial charge is 0.293 e. The minimum absolute atomic E-state index is 0.0215. The molecule has 0 radical (unpaired) electrons. The Kier molecular flexibility index (Phi) is 5.56. The molecule has 0 saturated heterocycles. The second kappa shape index (κ2) is 7.64. The highest BCUT2D eigenvalue weighted by atomic mass is 35.5. The number of ketones is 1. The fourth-order valence-electron chi connectivity index (χ4n) is 2.72. The summed E-state index contributed by atoms with van der Waals surface area (Å²) in [7, 11) is 0. The molecule has 3 rings (SSSR count). The molecule has 0 aliphatic heterocycles. The lowest BCUT2D eigenvalue weighted by atomic mass is 9.96. The molecule has 1 fully saturated rings. The number of nitrogens with zero attached hydrogens (tertiary/aromatic N) is 4. The summed E-state index contributed by atoms with van der Waals surface area (Å²) < 4.78 is 1.87. The lowest BCUT2D eigenvalue weighted by Crippen LogP contribution is -2.15. The average Bonchev–Trinajstić information content (AvgIpc) is 3.04. The van der Waals surface area contributed by atoms with E-state index < -0.39 is 0 Å². The van der Waals surface area contributed by atoms with Gasteiger partial charge in [-0.1, -0.05) is 54.2 Å². The van der Waals surface area contributed by atoms with Gasteiger partial charge in [-0.2, -0.15) is 0 Å². The molecular weight excluding hydrogens is 355 g/mol. The van der Waals surface area contributed by atoms with Crippen molar-refractivity contribution in [1.82, 2.24) is 20.2 Å². The van der Waals surface area contributed by atoms with Gasteiger partial charge in [0.15, 0.2) is 5.78 Å². The van der Waals surface area contributed by atoms with E-state index in [1.807, 2.05) is 4.68 Å². The van der Waals surface area contributed by atoms with Crippen LogP contribution >= 0.6 is 35.0 Å². The van der Waals surface area contributed by atoms with Gasteiger partial charge in [0.25, 0.3) is 0 Å². The summed E-state index contributed by atoms with van der Waals surface area (Å²) in [4.78, 5) is 12.3. The monoisotopic (exact) mass is 370 g/mol. The van der Waals surface area contributed by atoms with Gasteiger partial charge in [0, 0.05) is 5.56 Å². The Morgan fingerprint density at radius 3 is 2.74 bits per heavy atom. The molecule has 1 aliphatic rings. The quantitative estimate of drug-likeness (QED) is 0.574. The van der Waals surface area contributed by atoms with Crippen molar-refractivity contribution in [1.29, 1.82) is 0 Å². The molecule has 0 bridgehead atoms. The third-order valence-corrected chi connectivity index (χ3v) is 5.63. The number of hydrogen-bond donors (Lipinski definition) is 0. The molecule has 0 unspecified atom stereocenters. The zero-order chi connectivity index (χ0) is 16.2. The number of tetrazole rings is 1. The summed E-state index contributed by atoms with van der Waals surface area (Å²) in [6.07, 6.45) is 5.88. The fraction of sp³-hybridized carbons (Fsp3) is 0.467. The molecule has 122 valence electrons. The van der Waals surface area contributed by atoms with Gasteiger partial charge in [-0.3, -0.25) is 4.79 Å². The maximum atomic E-state index is 12.3. The summed E-state index contributed by atoms with van der Waals surface area (Å²) in [5.74, 6) is 0.247. The SMILES string of the molecule is O=C(CSc1nnnn1C1CCCCC1)c1ccc(Cl)c(Cl)c1. The summed E-state index contributed by atoms with van der Waals surface area (Å²) >= 11 is 13.2. The Bertz CT molecular complexity index is 701. The maximum Gasteiger partial charge on any atom is 0.210 e. The van der Waals surface area contributed by atoms with Crippen molar-refractivity contribution in [2.45, 2.75) is 43.3 Å². The molecule has 0 amide bonds. The summed E-state index contributed by atoms with van der Waals surface area (Å²) in [5, 5.41) is 13.4. The van der Waals surface area contributed by atoms with Crippen LogP contribution in [0.4, 0.5) is 0 Å². The van der Waals surface area contributed by atoms with Crippen molar-refractivity contribution in [2.75, 3.05) is 5.75 Å². The van der Waals surface area contributed by atoms with Gasteiger partial charge in [0.2, 0.25) is 5.16 Å². The van der Waals surface area contributed by atoms with Crippen LogP contribution in [0, 0.1) is 0 Å². The van der Waals surface area contributed by atoms with Crippen LogP contribution in [0.2, 0.25) is 10.0 Å². The number of carbonyl (C=O) groups excluding carboxylic acids is 1. The zero-order valence-electron chi connectivity index (χ0n) is 12.4. The van der Waals surface area contributed by atoms with Gasteiger partial charge < -0.3 is 0 Å². The molecule has 23 heavy (non-hydrogen) atoms. The van der Waals surface area contributed by atoms with Crippen molar-refractivity contribution in [3.8, 4) is 0 Å². The maximum absolute atomic E-state index is 12.3. The predicted octanol–water partition coefficient (Wildman–Crippen LogP) is 4.46. The predicted molar refractivity (Wildman–Crippen MR) is 91.5 cm³/mol. The van der Waals surface area contributed by atoms with Crippen molar-refractivity contribution in [3.63, 3.8) is 0 Å². The van der Waals surface area contributed by atoms with Crippen molar-refractivity contribution in [3.05, 3.63) is 33.8 Å². The Morgan fingerprint density at radius 1 is 1.22 bits per heavy atom. The van der Waals surface area contributed by atoms with E-state index in [4.69, 9.17) is 23.2 Å². The van der Waals surface area contributed by atoms with Crippen molar-refractivity contribution >= 4 is 40.7 Å². The second-order valence-corrected chi connectivity index (χ2v) is 7.30. The van der Waals surface area contributed by atoms with E-state index in [0.29, 0.717) is 26.8 Å². The van der Waals surface area contributed by atoms with Crippen LogP contribution in [0.1, 0.15) is 48.5 Å². The van der Waals surface area contributed by atoms with E-state index in [2.05, 4.69) is 15.5 Å². The van der Waals surface area contributed by atoms with Crippen LogP contribution in [0.15, 0.2) is 23.4 Å². The molecule has 5 nitrogen and oxygen atoms in total. The molecule has 0 atom stereocenters. The first-order chi connectivity index (χ1) is 11.1. The second-order valence-electron chi connectivity index (χ2n) is 5.54. The molecule has 0 N–H and O–H groups in total. The first-order valence-electron chi connectivity index (χ1n) is 7.54. The number of aromatic nitrogens is 4. The van der Waals surface area contributed by atoms with Crippen molar-refractivity contribution in [2.24, 2.45) is 0 Å². The Hall–Kier alpha value is -1.11. The number of thioether (sulfide) groups is 1. The molecule has 0 spiro atoms. The Morgan fingerprint density at radius 2 is 2.00 bits per heavy atom. The minimum Gasteiger partial charge on any atom is -0.293 e. The van der Waals surface area contributed by atoms with Crippen LogP contribution in [-0.2, 0) is 0 Å². The van der Waals surface area contributed by atoms with Gasteiger partial charge >= 0.3 is 0 Å². The van der Waals surface area contributed by atoms with Crippen LogP contribution in [-0.4, -0.2) is 31.7 Å². The molecule has 8 heteroatoms. The van der Waals surface area contributed by atoms with E-state index >= 15 is 0 Å². The smallest absolute Gasteiger partial charge is 0.210 e. The first-order valence-corrected chi connectivity index (χ1v) is 9.28. The molecule has 1 heterocycles. The summed E-state index contributed by atoms with van der Waals surface area (Å²) in [5.41, 5.74) is 0.545. The van der Waals surface area contributed by atoms with Crippen molar-refractivity contribution < 1.29 is 4.79 Å². The van der Waals surface area contributed by atoms with Crippen LogP contribution < -0.4 is 0 Å². The fourth-order valence-corrected chi connectivity index (χ4v) is 3.86. The minimum atomic E-state index is -0.0215. The van der Waals surface area contributed by atoms with E-state index in [9.17, 15) is 4.79 Å². The lowest BCUT2D eigenvalue weighted by molar-refractivity contribution is 0.102. The van der Waals surface area contributed by atoms with Gasteiger partial charge in [-0.25, -0.2) is 4.68 Å². The topological polar surface area (TPSA) is 60.7 Å². The van der Waals surface area contributed by atoms with Crippen LogP contribution in [0.25, 0.3) is 0 Å². The third-order valence-electron chi connectivity index (χ3n) is 3.96. The van der Waals surface area contributed by atoms with E-state index in [1.54, 1.807) is 18.2 Å². The van der Waals surface area contributed by atoms with Gasteiger partial charge in [-0.15, -0.1) is 5.10 Å². The molecule has 1 aliphatic carbocycles. The van der Waals surface area contributed by atoms with Crippen LogP contribution in [0.3, 0.4) is 0 Å². The Labute approximate surface area is 148 Å². The number of Topliss-reactive ketones (excluding diaryl/α,β-unsaturated/α-hetero) is 1. The highest BCUT2D eigenvalue weighted by Crippen LogP contribution is 2.30. The lowest BCUT2D eigenvalue weighted by Gasteiger charge is -2.21. The standard InChI is InChI=1S/C15H16Cl2N4OS/c16-12-7-6-10(8-13(12)17)14(22)9-23-15-18-19-20-21(15)11-4-2-1-3-5-11/h6-8,11H,1-5,9H2. The highest BCUT2D eigenvalue weighted by Gasteiger charge is 2.21. The Balaban J connectivity index is 1.65. The zero-order valence-corrected chi connectivity index (χ0v) is 14.7. The number of rotatable bonds is 5. The molecule has 1 aromatic heterocycles. The third kappa shape index (κ3) is 4.05. The van der Waals surface area contributed by atoms with E-state index in [1.165, 1.54) is 31.0 Å². The molecule has 1 saturated carbocycles.